The van der Waals surface area contributed by atoms with Gasteiger partial charge in [-0.05, 0) is 37.6 Å². The van der Waals surface area contributed by atoms with E-state index in [2.05, 4.69) is 23.5 Å². The van der Waals surface area contributed by atoms with E-state index in [0.717, 1.165) is 35.5 Å². The number of fused-ring (bicyclic) bond motifs is 3. The number of rotatable bonds is 5. The molecule has 0 aliphatic carbocycles. The summed E-state index contributed by atoms with van der Waals surface area (Å²) in [4.78, 5) is 26.6. The number of carbonyl (C=O) groups is 1. The van der Waals surface area contributed by atoms with Gasteiger partial charge < -0.3 is 15.7 Å². The predicted octanol–water partition coefficient (Wildman–Crippen LogP) is 3.38. The fourth-order valence-electron chi connectivity index (χ4n) is 6.08. The lowest BCUT2D eigenvalue weighted by molar-refractivity contribution is -0.131. The van der Waals surface area contributed by atoms with Gasteiger partial charge in [0.1, 0.15) is 34.5 Å². The van der Waals surface area contributed by atoms with Gasteiger partial charge in [0.15, 0.2) is 0 Å². The summed E-state index contributed by atoms with van der Waals surface area (Å²) in [5, 5.41) is 11.3. The molecule has 4 heterocycles. The molecule has 3 unspecified atom stereocenters. The van der Waals surface area contributed by atoms with Crippen LogP contribution in [0.2, 0.25) is 0 Å². The second-order valence-electron chi connectivity index (χ2n) is 10.2. The summed E-state index contributed by atoms with van der Waals surface area (Å²) in [5.41, 5.74) is 9.10. The molecule has 0 spiro atoms. The average molecular weight is 495 g/mol. The summed E-state index contributed by atoms with van der Waals surface area (Å²) in [6.07, 6.45) is 5.80. The molecule has 2 fully saturated rings. The number of likely N-dealkylation sites (N-methyl/N-ethyl adjacent to an activating group) is 1. The predicted molar refractivity (Wildman–Crippen MR) is 143 cm³/mol. The average Bonchev–Trinajstić information content (AvgIpc) is 3.60. The Morgan fingerprint density at radius 1 is 1.16 bits per heavy atom. The lowest BCUT2D eigenvalue weighted by Crippen LogP contribution is -2.49. The number of nitrogen functional groups attached to an aromatic ring is 1. The number of likely N-dealkylation sites (tertiary alicyclic amines) is 2. The highest BCUT2D eigenvalue weighted by Crippen LogP contribution is 2.45. The standard InChI is InChI=1S/C29H30N6O2/c1-4-23(36)35-21-16-22(33(3)17-21)25(35)28-32-24(26-27(30)31-14-15-34(26)28)18-10-12-20(13-11-18)29(2,37)19-8-6-5-7-9-19/h4-15,21-22,25,37H,1,16-17H2,2-3H3,(H2,30,31)/t21?,22-,25?,29?/m0/s1. The van der Waals surface area contributed by atoms with E-state index in [0.29, 0.717) is 17.0 Å². The smallest absolute Gasteiger partial charge is 0.246 e. The van der Waals surface area contributed by atoms with Gasteiger partial charge in [-0.25, -0.2) is 9.97 Å². The minimum atomic E-state index is -1.14. The summed E-state index contributed by atoms with van der Waals surface area (Å²) >= 11 is 0. The number of hydrogen-bond donors (Lipinski definition) is 2. The highest BCUT2D eigenvalue weighted by molar-refractivity contribution is 5.89. The molecule has 2 bridgehead atoms. The number of imidazole rings is 1. The van der Waals surface area contributed by atoms with Crippen molar-refractivity contribution in [2.24, 2.45) is 0 Å². The zero-order chi connectivity index (χ0) is 25.9. The molecule has 2 aliphatic rings. The van der Waals surface area contributed by atoms with E-state index in [-0.39, 0.29) is 24.0 Å². The largest absolute Gasteiger partial charge is 0.382 e. The molecule has 2 saturated heterocycles. The number of nitrogens with two attached hydrogens (primary N) is 1. The number of nitrogens with zero attached hydrogens (tertiary/aromatic N) is 5. The van der Waals surface area contributed by atoms with Crippen LogP contribution in [0, 0.1) is 0 Å². The lowest BCUT2D eigenvalue weighted by atomic mass is 9.87. The van der Waals surface area contributed by atoms with E-state index in [1.54, 1.807) is 13.1 Å². The number of benzene rings is 2. The molecule has 3 N–H and O–H groups in total. The number of piperazine rings is 1. The van der Waals surface area contributed by atoms with Crippen LogP contribution >= 0.6 is 0 Å². The quantitative estimate of drug-likeness (QED) is 0.413. The van der Waals surface area contributed by atoms with Crippen molar-refractivity contribution < 1.29 is 9.90 Å². The van der Waals surface area contributed by atoms with E-state index < -0.39 is 5.60 Å². The highest BCUT2D eigenvalue weighted by atomic mass is 16.3. The molecule has 4 aromatic rings. The van der Waals surface area contributed by atoms with Crippen LogP contribution in [0.4, 0.5) is 5.82 Å². The third kappa shape index (κ3) is 3.55. The van der Waals surface area contributed by atoms with E-state index in [4.69, 9.17) is 10.7 Å². The first-order chi connectivity index (χ1) is 17.8. The number of aromatic nitrogens is 3. The SMILES string of the molecule is C=CC(=O)N1C2C[C@@H](C1c1nc(-c3ccc(C(C)(O)c4ccccc4)cc3)c3c(N)nccn13)N(C)C2. The molecule has 8 nitrogen and oxygen atoms in total. The van der Waals surface area contributed by atoms with Crippen LogP contribution in [-0.4, -0.2) is 60.9 Å². The van der Waals surface area contributed by atoms with Crippen LogP contribution in [0.15, 0.2) is 79.6 Å². The molecule has 2 aromatic carbocycles. The Kier molecular flexibility index (Phi) is 5.40. The van der Waals surface area contributed by atoms with E-state index in [1.807, 2.05) is 70.1 Å². The van der Waals surface area contributed by atoms with Crippen molar-refractivity contribution in [3.8, 4) is 11.3 Å². The zero-order valence-electron chi connectivity index (χ0n) is 21.0. The molecular weight excluding hydrogens is 464 g/mol. The Labute approximate surface area is 215 Å². The topological polar surface area (TPSA) is 100.0 Å². The van der Waals surface area contributed by atoms with Gasteiger partial charge in [-0.2, -0.15) is 0 Å². The number of hydrogen-bond acceptors (Lipinski definition) is 6. The Hall–Kier alpha value is -4.01. The van der Waals surface area contributed by atoms with Crippen molar-refractivity contribution in [2.45, 2.75) is 37.1 Å². The molecule has 37 heavy (non-hydrogen) atoms. The van der Waals surface area contributed by atoms with Crippen molar-refractivity contribution in [3.63, 3.8) is 0 Å². The molecule has 188 valence electrons. The fraction of sp³-hybridized carbons (Fsp3) is 0.276. The number of carbonyl (C=O) groups excluding carboxylic acids is 1. The first-order valence-electron chi connectivity index (χ1n) is 12.5. The van der Waals surface area contributed by atoms with Gasteiger partial charge in [-0.3, -0.25) is 14.1 Å². The van der Waals surface area contributed by atoms with Gasteiger partial charge in [0.2, 0.25) is 5.91 Å². The lowest BCUT2D eigenvalue weighted by Gasteiger charge is -2.38. The minimum absolute atomic E-state index is 0.0848. The highest BCUT2D eigenvalue weighted by Gasteiger charge is 2.52. The fourth-order valence-corrected chi connectivity index (χ4v) is 6.08. The van der Waals surface area contributed by atoms with Crippen LogP contribution in [0.5, 0.6) is 0 Å². The molecule has 2 aromatic heterocycles. The third-order valence-corrected chi connectivity index (χ3v) is 8.00. The maximum Gasteiger partial charge on any atom is 0.246 e. The van der Waals surface area contributed by atoms with Gasteiger partial charge in [-0.1, -0.05) is 61.2 Å². The normalized spacial score (nSPS) is 22.9. The first kappa shape index (κ1) is 23.4. The van der Waals surface area contributed by atoms with Crippen molar-refractivity contribution in [1.82, 2.24) is 24.2 Å². The third-order valence-electron chi connectivity index (χ3n) is 8.00. The van der Waals surface area contributed by atoms with Crippen molar-refractivity contribution >= 4 is 17.2 Å². The van der Waals surface area contributed by atoms with E-state index in [1.165, 1.54) is 6.08 Å². The van der Waals surface area contributed by atoms with Crippen LogP contribution in [0.1, 0.15) is 36.3 Å². The molecular formula is C29H30N6O2. The Morgan fingerprint density at radius 2 is 1.86 bits per heavy atom. The van der Waals surface area contributed by atoms with Gasteiger partial charge in [0.25, 0.3) is 0 Å². The summed E-state index contributed by atoms with van der Waals surface area (Å²) in [6.45, 7) is 6.36. The van der Waals surface area contributed by atoms with Crippen LogP contribution in [-0.2, 0) is 10.4 Å². The van der Waals surface area contributed by atoms with Crippen molar-refractivity contribution in [2.75, 3.05) is 19.3 Å². The van der Waals surface area contributed by atoms with Gasteiger partial charge in [-0.15, -0.1) is 0 Å². The number of anilines is 1. The minimum Gasteiger partial charge on any atom is -0.382 e. The first-order valence-corrected chi connectivity index (χ1v) is 12.5. The summed E-state index contributed by atoms with van der Waals surface area (Å²) in [6, 6.07) is 17.4. The summed E-state index contributed by atoms with van der Waals surface area (Å²) < 4.78 is 1.97. The van der Waals surface area contributed by atoms with Crippen molar-refractivity contribution in [3.05, 3.63) is 96.6 Å². The second kappa shape index (κ2) is 8.54. The van der Waals surface area contributed by atoms with Crippen LogP contribution < -0.4 is 5.73 Å². The second-order valence-corrected chi connectivity index (χ2v) is 10.2. The molecule has 4 atom stereocenters. The van der Waals surface area contributed by atoms with Gasteiger partial charge in [0.05, 0.1) is 0 Å². The molecule has 6 rings (SSSR count). The molecule has 2 aliphatic heterocycles. The summed E-state index contributed by atoms with van der Waals surface area (Å²) in [5.74, 6) is 1.04. The molecule has 8 heteroatoms. The Balaban J connectivity index is 1.46. The molecule has 0 saturated carbocycles. The monoisotopic (exact) mass is 494 g/mol. The maximum absolute atomic E-state index is 12.9. The van der Waals surface area contributed by atoms with Gasteiger partial charge in [0, 0.05) is 36.6 Å². The van der Waals surface area contributed by atoms with Gasteiger partial charge >= 0.3 is 0 Å². The van der Waals surface area contributed by atoms with Crippen molar-refractivity contribution in [1.29, 1.82) is 0 Å². The Bertz CT molecular complexity index is 1490. The molecule has 1 amide bonds. The van der Waals surface area contributed by atoms with Crippen LogP contribution in [0.3, 0.4) is 0 Å². The number of amides is 1. The summed E-state index contributed by atoms with van der Waals surface area (Å²) in [7, 11) is 2.09. The molecule has 0 radical (unpaired) electrons. The Morgan fingerprint density at radius 3 is 2.57 bits per heavy atom. The van der Waals surface area contributed by atoms with E-state index in [9.17, 15) is 9.90 Å². The zero-order valence-corrected chi connectivity index (χ0v) is 21.0. The van der Waals surface area contributed by atoms with Crippen LogP contribution in [0.25, 0.3) is 16.8 Å². The maximum atomic E-state index is 12.9. The van der Waals surface area contributed by atoms with E-state index >= 15 is 0 Å². The number of aliphatic hydroxyl groups is 1.